The Labute approximate surface area is 192 Å². The van der Waals surface area contributed by atoms with Gasteiger partial charge in [-0.05, 0) is 30.3 Å². The predicted octanol–water partition coefficient (Wildman–Crippen LogP) is 3.58. The smallest absolute Gasteiger partial charge is 0.337 e. The second-order valence-electron chi connectivity index (χ2n) is 7.32. The van der Waals surface area contributed by atoms with Crippen molar-refractivity contribution in [2.45, 2.75) is 0 Å². The van der Waals surface area contributed by atoms with Gasteiger partial charge in [0.05, 0.1) is 34.9 Å². The van der Waals surface area contributed by atoms with E-state index in [0.717, 1.165) is 11.1 Å². The number of aromatic nitrogens is 6. The monoisotopic (exact) mass is 452 g/mol. The summed E-state index contributed by atoms with van der Waals surface area (Å²) in [5.41, 5.74) is 3.64. The molecule has 2 heterocycles. The van der Waals surface area contributed by atoms with Crippen LogP contribution in [0.5, 0.6) is 0 Å². The van der Waals surface area contributed by atoms with Gasteiger partial charge in [-0.2, -0.15) is 0 Å². The predicted molar refractivity (Wildman–Crippen MR) is 121 cm³/mol. The molecule has 0 aliphatic rings. The summed E-state index contributed by atoms with van der Waals surface area (Å²) in [4.78, 5) is 23.1. The molecule has 0 atom stereocenters. The highest BCUT2D eigenvalue weighted by atomic mass is 16.4. The van der Waals surface area contributed by atoms with Gasteiger partial charge < -0.3 is 10.2 Å². The molecule has 0 saturated heterocycles. The zero-order valence-electron chi connectivity index (χ0n) is 17.5. The van der Waals surface area contributed by atoms with Crippen molar-refractivity contribution in [3.8, 4) is 33.9 Å². The van der Waals surface area contributed by atoms with Gasteiger partial charge >= 0.3 is 11.9 Å². The normalized spacial score (nSPS) is 10.8. The number of rotatable bonds is 6. The first-order chi connectivity index (χ1) is 16.5. The molecular weight excluding hydrogens is 436 g/mol. The van der Waals surface area contributed by atoms with E-state index < -0.39 is 11.9 Å². The van der Waals surface area contributed by atoms with E-state index in [0.29, 0.717) is 22.8 Å². The van der Waals surface area contributed by atoms with Crippen LogP contribution in [0.3, 0.4) is 0 Å². The number of carboxylic acid groups (broad SMARTS) is 2. The molecule has 0 aliphatic carbocycles. The lowest BCUT2D eigenvalue weighted by Gasteiger charge is -2.04. The quantitative estimate of drug-likeness (QED) is 0.399. The van der Waals surface area contributed by atoms with Crippen LogP contribution in [0.2, 0.25) is 0 Å². The van der Waals surface area contributed by atoms with Crippen molar-refractivity contribution < 1.29 is 19.8 Å². The lowest BCUT2D eigenvalue weighted by Crippen LogP contribution is -2.05. The third-order valence-electron chi connectivity index (χ3n) is 5.20. The van der Waals surface area contributed by atoms with Crippen LogP contribution in [0.1, 0.15) is 20.7 Å². The Morgan fingerprint density at radius 2 is 1.06 bits per heavy atom. The fourth-order valence-corrected chi connectivity index (χ4v) is 3.57. The van der Waals surface area contributed by atoms with Gasteiger partial charge in [-0.25, -0.2) is 19.0 Å². The second kappa shape index (κ2) is 8.43. The molecule has 5 aromatic rings. The summed E-state index contributed by atoms with van der Waals surface area (Å²) >= 11 is 0. The Bertz CT molecular complexity index is 1430. The maximum Gasteiger partial charge on any atom is 0.337 e. The lowest BCUT2D eigenvalue weighted by atomic mass is 10.1. The van der Waals surface area contributed by atoms with Gasteiger partial charge in [-0.1, -0.05) is 52.9 Å². The number of carboxylic acids is 2. The van der Waals surface area contributed by atoms with Gasteiger partial charge in [0.1, 0.15) is 11.4 Å². The molecule has 0 spiro atoms. The van der Waals surface area contributed by atoms with Crippen LogP contribution in [-0.2, 0) is 0 Å². The molecule has 0 unspecified atom stereocenters. The zero-order valence-corrected chi connectivity index (χ0v) is 17.5. The van der Waals surface area contributed by atoms with Crippen LogP contribution in [0, 0.1) is 0 Å². The minimum absolute atomic E-state index is 0.117. The van der Waals surface area contributed by atoms with E-state index in [2.05, 4.69) is 20.6 Å². The topological polar surface area (TPSA) is 136 Å². The summed E-state index contributed by atoms with van der Waals surface area (Å²) in [6.45, 7) is 0. The van der Waals surface area contributed by atoms with Crippen LogP contribution in [0.25, 0.3) is 33.9 Å². The third kappa shape index (κ3) is 3.79. The molecule has 10 nitrogen and oxygen atoms in total. The number of nitrogens with zero attached hydrogens (tertiary/aromatic N) is 6. The molecule has 0 bridgehead atoms. The third-order valence-corrected chi connectivity index (χ3v) is 5.20. The van der Waals surface area contributed by atoms with E-state index in [1.165, 1.54) is 21.5 Å². The van der Waals surface area contributed by atoms with Crippen molar-refractivity contribution >= 4 is 11.9 Å². The van der Waals surface area contributed by atoms with Gasteiger partial charge in [0.2, 0.25) is 0 Å². The van der Waals surface area contributed by atoms with Gasteiger partial charge in [-0.3, -0.25) is 0 Å². The summed E-state index contributed by atoms with van der Waals surface area (Å²) in [6.07, 6.45) is 3.31. The van der Waals surface area contributed by atoms with Crippen molar-refractivity contribution in [1.82, 2.24) is 30.0 Å². The maximum absolute atomic E-state index is 11.5. The molecule has 0 saturated carbocycles. The Kier molecular flexibility index (Phi) is 5.15. The second-order valence-corrected chi connectivity index (χ2v) is 7.32. The van der Waals surface area contributed by atoms with E-state index in [1.54, 1.807) is 48.8 Å². The van der Waals surface area contributed by atoms with Crippen LogP contribution in [-0.4, -0.2) is 52.1 Å². The summed E-state index contributed by atoms with van der Waals surface area (Å²) in [7, 11) is 0. The Morgan fingerprint density at radius 1 is 0.618 bits per heavy atom. The summed E-state index contributed by atoms with van der Waals surface area (Å²) < 4.78 is 2.84. The number of hydrogen-bond acceptors (Lipinski definition) is 6. The molecule has 0 radical (unpaired) electrons. The van der Waals surface area contributed by atoms with E-state index in [1.807, 2.05) is 24.3 Å². The Morgan fingerprint density at radius 3 is 1.50 bits per heavy atom. The standard InChI is InChI=1S/C24H16N6O4/c31-23(32)17-8-1-3-10-21(17)29-13-19(25-27-29)15-6-5-7-16(12-15)20-14-30(28-26-20)22-11-4-2-9-18(22)24(33)34/h1-14H,(H,31,32)(H,33,34). The average molecular weight is 452 g/mol. The lowest BCUT2D eigenvalue weighted by molar-refractivity contribution is 0.0686. The number of benzene rings is 3. The molecule has 0 aliphatic heterocycles. The molecule has 10 heteroatoms. The fourth-order valence-electron chi connectivity index (χ4n) is 3.57. The highest BCUT2D eigenvalue weighted by molar-refractivity contribution is 5.92. The average Bonchev–Trinajstić information content (AvgIpc) is 3.55. The Balaban J connectivity index is 1.48. The molecule has 2 N–H and O–H groups in total. The number of aromatic carboxylic acids is 2. The van der Waals surface area contributed by atoms with Crippen molar-refractivity contribution in [1.29, 1.82) is 0 Å². The van der Waals surface area contributed by atoms with Crippen molar-refractivity contribution in [2.24, 2.45) is 0 Å². The van der Waals surface area contributed by atoms with Crippen molar-refractivity contribution in [3.05, 3.63) is 96.3 Å². The number of para-hydroxylation sites is 2. The van der Waals surface area contributed by atoms with Crippen LogP contribution < -0.4 is 0 Å². The Hall–Kier alpha value is -5.12. The minimum atomic E-state index is -1.05. The largest absolute Gasteiger partial charge is 0.478 e. The first-order valence-electron chi connectivity index (χ1n) is 10.1. The number of carbonyl (C=O) groups is 2. The molecule has 3 aromatic carbocycles. The van der Waals surface area contributed by atoms with Crippen LogP contribution >= 0.6 is 0 Å². The molecule has 5 rings (SSSR count). The minimum Gasteiger partial charge on any atom is -0.478 e. The molecule has 0 fully saturated rings. The number of hydrogen-bond donors (Lipinski definition) is 2. The van der Waals surface area contributed by atoms with Crippen LogP contribution in [0.15, 0.2) is 85.2 Å². The van der Waals surface area contributed by atoms with Gasteiger partial charge in [0.15, 0.2) is 0 Å². The van der Waals surface area contributed by atoms with E-state index >= 15 is 0 Å². The van der Waals surface area contributed by atoms with Crippen molar-refractivity contribution in [2.75, 3.05) is 0 Å². The van der Waals surface area contributed by atoms with Gasteiger partial charge in [0.25, 0.3) is 0 Å². The van der Waals surface area contributed by atoms with E-state index in [9.17, 15) is 19.8 Å². The zero-order chi connectivity index (χ0) is 23.7. The highest BCUT2D eigenvalue weighted by Crippen LogP contribution is 2.26. The molecule has 2 aromatic heterocycles. The highest BCUT2D eigenvalue weighted by Gasteiger charge is 2.15. The van der Waals surface area contributed by atoms with E-state index in [4.69, 9.17) is 0 Å². The first kappa shape index (κ1) is 20.8. The summed E-state index contributed by atoms with van der Waals surface area (Å²) in [5.74, 6) is -2.11. The molecule has 0 amide bonds. The SMILES string of the molecule is O=C(O)c1ccccc1-n1cc(-c2cccc(-c3cn(-c4ccccc4C(=O)O)nn3)c2)nn1. The molecule has 34 heavy (non-hydrogen) atoms. The van der Waals surface area contributed by atoms with E-state index in [-0.39, 0.29) is 11.1 Å². The maximum atomic E-state index is 11.5. The summed E-state index contributed by atoms with van der Waals surface area (Å²) in [6, 6.07) is 20.5. The fraction of sp³-hybridized carbons (Fsp3) is 0. The molecule has 166 valence electrons. The molecular formula is C24H16N6O4. The summed E-state index contributed by atoms with van der Waals surface area (Å²) in [5, 5.41) is 35.5. The van der Waals surface area contributed by atoms with Crippen LogP contribution in [0.4, 0.5) is 0 Å². The van der Waals surface area contributed by atoms with Gasteiger partial charge in [-0.15, -0.1) is 10.2 Å². The van der Waals surface area contributed by atoms with Crippen molar-refractivity contribution in [3.63, 3.8) is 0 Å². The van der Waals surface area contributed by atoms with Gasteiger partial charge in [0, 0.05) is 11.1 Å². The first-order valence-corrected chi connectivity index (χ1v) is 10.1.